The van der Waals surface area contributed by atoms with Crippen molar-refractivity contribution in [3.63, 3.8) is 0 Å². The molecule has 2 N–H and O–H groups in total. The first-order valence-electron chi connectivity index (χ1n) is 5.80. The highest BCUT2D eigenvalue weighted by Gasteiger charge is 2.21. The Morgan fingerprint density at radius 2 is 2.12 bits per heavy atom. The minimum atomic E-state index is -0.215. The first-order valence-corrected chi connectivity index (χ1v) is 5.80. The molecule has 0 bridgehead atoms. The maximum Gasteiger partial charge on any atom is 0.126 e. The van der Waals surface area contributed by atoms with Crippen molar-refractivity contribution in [2.75, 3.05) is 0 Å². The van der Waals surface area contributed by atoms with Crippen molar-refractivity contribution in [3.8, 4) is 5.75 Å². The van der Waals surface area contributed by atoms with Crippen LogP contribution < -0.4 is 10.5 Å². The smallest absolute Gasteiger partial charge is 0.126 e. The lowest BCUT2D eigenvalue weighted by Gasteiger charge is -2.28. The molecule has 1 unspecified atom stereocenters. The van der Waals surface area contributed by atoms with Gasteiger partial charge in [0.05, 0.1) is 6.10 Å². The average Bonchev–Trinajstić information content (AvgIpc) is 2.16. The van der Waals surface area contributed by atoms with Crippen LogP contribution in [0, 0.1) is 12.7 Å². The molecule has 0 radical (unpaired) electrons. The van der Waals surface area contributed by atoms with Crippen molar-refractivity contribution in [1.82, 2.24) is 0 Å². The maximum atomic E-state index is 13.4. The van der Waals surface area contributed by atoms with Crippen LogP contribution in [0.15, 0.2) is 12.1 Å². The van der Waals surface area contributed by atoms with Gasteiger partial charge in [0, 0.05) is 11.6 Å². The van der Waals surface area contributed by atoms with E-state index in [2.05, 4.69) is 0 Å². The predicted octanol–water partition coefficient (Wildman–Crippen LogP) is 3.09. The molecule has 0 aromatic heterocycles. The van der Waals surface area contributed by atoms with Crippen molar-refractivity contribution in [2.45, 2.75) is 45.3 Å². The first kappa shape index (κ1) is 11.4. The molecule has 3 heteroatoms. The monoisotopic (exact) mass is 223 g/mol. The Kier molecular flexibility index (Phi) is 3.15. The van der Waals surface area contributed by atoms with Gasteiger partial charge >= 0.3 is 0 Å². The van der Waals surface area contributed by atoms with Gasteiger partial charge in [0.2, 0.25) is 0 Å². The molecule has 0 saturated heterocycles. The largest absolute Gasteiger partial charge is 0.490 e. The molecule has 0 aliphatic heterocycles. The van der Waals surface area contributed by atoms with Crippen LogP contribution in [0.5, 0.6) is 5.75 Å². The second-order valence-corrected chi connectivity index (χ2v) is 4.60. The lowest BCUT2D eigenvalue weighted by atomic mass is 9.95. The van der Waals surface area contributed by atoms with Crippen LogP contribution in [0.4, 0.5) is 4.39 Å². The molecule has 1 aromatic rings. The summed E-state index contributed by atoms with van der Waals surface area (Å²) in [6.07, 6.45) is 3.70. The third kappa shape index (κ3) is 2.19. The highest BCUT2D eigenvalue weighted by atomic mass is 19.1. The normalized spacial score (nSPS) is 18.0. The molecule has 2 rings (SSSR count). The fourth-order valence-corrected chi connectivity index (χ4v) is 1.80. The van der Waals surface area contributed by atoms with Gasteiger partial charge in [-0.2, -0.15) is 0 Å². The highest BCUT2D eigenvalue weighted by molar-refractivity contribution is 5.40. The summed E-state index contributed by atoms with van der Waals surface area (Å²) in [4.78, 5) is 0. The van der Waals surface area contributed by atoms with Crippen LogP contribution in [-0.2, 0) is 0 Å². The molecule has 1 aliphatic carbocycles. The Hall–Kier alpha value is -1.09. The number of hydrogen-bond donors (Lipinski definition) is 1. The number of aryl methyl sites for hydroxylation is 1. The summed E-state index contributed by atoms with van der Waals surface area (Å²) in [5.74, 6) is 0.534. The number of rotatable bonds is 3. The zero-order valence-corrected chi connectivity index (χ0v) is 9.79. The summed E-state index contributed by atoms with van der Waals surface area (Å²) < 4.78 is 19.3. The molecule has 2 nitrogen and oxygen atoms in total. The SMILES string of the molecule is Cc1cc(OC2CCC2)c(C(C)N)cc1F. The van der Waals surface area contributed by atoms with Crippen LogP contribution in [0.25, 0.3) is 0 Å². The van der Waals surface area contributed by atoms with Crippen molar-refractivity contribution >= 4 is 0 Å². The summed E-state index contributed by atoms with van der Waals surface area (Å²) >= 11 is 0. The van der Waals surface area contributed by atoms with E-state index in [0.717, 1.165) is 24.2 Å². The quantitative estimate of drug-likeness (QED) is 0.854. The molecule has 88 valence electrons. The number of hydrogen-bond acceptors (Lipinski definition) is 2. The molecule has 1 saturated carbocycles. The number of benzene rings is 1. The molecule has 1 fully saturated rings. The van der Waals surface area contributed by atoms with Crippen LogP contribution in [0.1, 0.15) is 43.4 Å². The van der Waals surface area contributed by atoms with Crippen LogP contribution in [-0.4, -0.2) is 6.10 Å². The predicted molar refractivity (Wildman–Crippen MR) is 62.0 cm³/mol. The van der Waals surface area contributed by atoms with Gasteiger partial charge < -0.3 is 10.5 Å². The van der Waals surface area contributed by atoms with Crippen molar-refractivity contribution < 1.29 is 9.13 Å². The number of halogens is 1. The molecule has 0 spiro atoms. The summed E-state index contributed by atoms with van der Waals surface area (Å²) in [6.45, 7) is 3.59. The maximum absolute atomic E-state index is 13.4. The van der Waals surface area contributed by atoms with E-state index in [1.54, 1.807) is 13.0 Å². The zero-order valence-electron chi connectivity index (χ0n) is 9.79. The first-order chi connectivity index (χ1) is 7.58. The summed E-state index contributed by atoms with van der Waals surface area (Å²) in [6, 6.07) is 3.05. The molecule has 0 amide bonds. The van der Waals surface area contributed by atoms with Gasteiger partial charge in [-0.25, -0.2) is 4.39 Å². The molecular weight excluding hydrogens is 205 g/mol. The van der Waals surface area contributed by atoms with Gasteiger partial charge in [0.25, 0.3) is 0 Å². The topological polar surface area (TPSA) is 35.2 Å². The van der Waals surface area contributed by atoms with Gasteiger partial charge in [0.1, 0.15) is 11.6 Å². The Bertz CT molecular complexity index is 386. The summed E-state index contributed by atoms with van der Waals surface area (Å²) in [5, 5.41) is 0. The minimum absolute atomic E-state index is 0.204. The molecule has 1 aliphatic rings. The number of nitrogens with two attached hydrogens (primary N) is 1. The molecule has 16 heavy (non-hydrogen) atoms. The van der Waals surface area contributed by atoms with E-state index in [9.17, 15) is 4.39 Å². The molecule has 1 atom stereocenters. The molecule has 1 aromatic carbocycles. The second kappa shape index (κ2) is 4.42. The lowest BCUT2D eigenvalue weighted by Crippen LogP contribution is -2.25. The fraction of sp³-hybridized carbons (Fsp3) is 0.538. The van der Waals surface area contributed by atoms with Crippen LogP contribution in [0.2, 0.25) is 0 Å². The third-order valence-electron chi connectivity index (χ3n) is 3.13. The van der Waals surface area contributed by atoms with E-state index in [4.69, 9.17) is 10.5 Å². The second-order valence-electron chi connectivity index (χ2n) is 4.60. The average molecular weight is 223 g/mol. The van der Waals surface area contributed by atoms with Gasteiger partial charge in [0.15, 0.2) is 0 Å². The van der Waals surface area contributed by atoms with Crippen LogP contribution in [0.3, 0.4) is 0 Å². The van der Waals surface area contributed by atoms with E-state index in [1.807, 2.05) is 6.92 Å². The lowest BCUT2D eigenvalue weighted by molar-refractivity contribution is 0.118. The highest BCUT2D eigenvalue weighted by Crippen LogP contribution is 2.31. The van der Waals surface area contributed by atoms with E-state index in [-0.39, 0.29) is 11.9 Å². The third-order valence-corrected chi connectivity index (χ3v) is 3.13. The summed E-state index contributed by atoms with van der Waals surface area (Å²) in [7, 11) is 0. The summed E-state index contributed by atoms with van der Waals surface area (Å²) in [5.41, 5.74) is 7.19. The van der Waals surface area contributed by atoms with E-state index >= 15 is 0 Å². The minimum Gasteiger partial charge on any atom is -0.490 e. The Balaban J connectivity index is 2.28. The Morgan fingerprint density at radius 1 is 1.44 bits per heavy atom. The Morgan fingerprint density at radius 3 is 2.62 bits per heavy atom. The van der Waals surface area contributed by atoms with Crippen molar-refractivity contribution in [1.29, 1.82) is 0 Å². The van der Waals surface area contributed by atoms with E-state index in [0.29, 0.717) is 11.7 Å². The van der Waals surface area contributed by atoms with Crippen LogP contribution >= 0.6 is 0 Å². The standard InChI is InChI=1S/C13H18FNO/c1-8-6-13(16-10-4-3-5-10)11(9(2)15)7-12(8)14/h6-7,9-10H,3-5,15H2,1-2H3. The molecular formula is C13H18FNO. The fourth-order valence-electron chi connectivity index (χ4n) is 1.80. The van der Waals surface area contributed by atoms with Gasteiger partial charge in [-0.1, -0.05) is 0 Å². The van der Waals surface area contributed by atoms with Gasteiger partial charge in [-0.15, -0.1) is 0 Å². The van der Waals surface area contributed by atoms with Gasteiger partial charge in [-0.3, -0.25) is 0 Å². The van der Waals surface area contributed by atoms with Gasteiger partial charge in [-0.05, 0) is 50.8 Å². The van der Waals surface area contributed by atoms with Crippen molar-refractivity contribution in [2.24, 2.45) is 5.73 Å². The van der Waals surface area contributed by atoms with E-state index in [1.165, 1.54) is 12.5 Å². The Labute approximate surface area is 95.6 Å². The number of ether oxygens (including phenoxy) is 1. The zero-order chi connectivity index (χ0) is 11.7. The van der Waals surface area contributed by atoms with Crippen molar-refractivity contribution in [3.05, 3.63) is 29.1 Å². The molecule has 0 heterocycles. The van der Waals surface area contributed by atoms with E-state index < -0.39 is 0 Å².